The quantitative estimate of drug-likeness (QED) is 0.190. The third-order valence-corrected chi connectivity index (χ3v) is 4.14. The van der Waals surface area contributed by atoms with Gasteiger partial charge in [-0.15, -0.1) is 0 Å². The standard InChI is InChI=1S/C15H27N3O6S/c1-8(20)11(15(23)24)4-10(21)2-9(3-14(17)22)5-18-6-13(25)12(16)7-19/h8-9,11-12,18-20H,2-7,16H2,1H3,(H2,17,22)(H,23,24)/t8?,9-,11-,12-/m0/s1. The number of hydrogen-bond acceptors (Lipinski definition) is 8. The van der Waals surface area contributed by atoms with Crippen LogP contribution < -0.4 is 16.8 Å². The zero-order valence-corrected chi connectivity index (χ0v) is 15.0. The van der Waals surface area contributed by atoms with Gasteiger partial charge in [0, 0.05) is 30.7 Å². The molecule has 9 nitrogen and oxygen atoms in total. The molecule has 144 valence electrons. The normalized spacial score (nSPS) is 15.8. The number of amides is 1. The van der Waals surface area contributed by atoms with E-state index in [1.807, 2.05) is 0 Å². The highest BCUT2D eigenvalue weighted by Gasteiger charge is 2.27. The Balaban J connectivity index is 4.61. The van der Waals surface area contributed by atoms with Crippen LogP contribution in [0, 0.1) is 11.8 Å². The molecule has 0 bridgehead atoms. The minimum absolute atomic E-state index is 0.0503. The molecule has 0 fully saturated rings. The molecule has 0 aromatic heterocycles. The fourth-order valence-corrected chi connectivity index (χ4v) is 2.42. The van der Waals surface area contributed by atoms with Gasteiger partial charge in [-0.2, -0.15) is 0 Å². The number of carboxylic acid groups (broad SMARTS) is 1. The topological polar surface area (TPSA) is 176 Å². The molecule has 0 aliphatic carbocycles. The summed E-state index contributed by atoms with van der Waals surface area (Å²) in [4.78, 5) is 34.7. The van der Waals surface area contributed by atoms with Crippen molar-refractivity contribution in [3.63, 3.8) is 0 Å². The first-order valence-corrected chi connectivity index (χ1v) is 8.30. The van der Waals surface area contributed by atoms with E-state index in [9.17, 15) is 19.5 Å². The average Bonchev–Trinajstić information content (AvgIpc) is 2.50. The summed E-state index contributed by atoms with van der Waals surface area (Å²) >= 11 is 5.02. The maximum Gasteiger partial charge on any atom is 0.309 e. The monoisotopic (exact) mass is 377 g/mol. The summed E-state index contributed by atoms with van der Waals surface area (Å²) in [5.41, 5.74) is 10.7. The number of ketones is 1. The summed E-state index contributed by atoms with van der Waals surface area (Å²) in [6.45, 7) is 1.50. The summed E-state index contributed by atoms with van der Waals surface area (Å²) in [6, 6.07) is -0.638. The van der Waals surface area contributed by atoms with E-state index in [0.717, 1.165) is 0 Å². The van der Waals surface area contributed by atoms with E-state index in [2.05, 4.69) is 5.32 Å². The van der Waals surface area contributed by atoms with E-state index in [0.29, 0.717) is 4.86 Å². The van der Waals surface area contributed by atoms with Crippen molar-refractivity contribution in [2.24, 2.45) is 23.3 Å². The number of aliphatic carboxylic acids is 1. The van der Waals surface area contributed by atoms with Crippen molar-refractivity contribution >= 4 is 34.7 Å². The van der Waals surface area contributed by atoms with Crippen LogP contribution in [0.5, 0.6) is 0 Å². The Morgan fingerprint density at radius 2 is 1.80 bits per heavy atom. The molecule has 0 radical (unpaired) electrons. The molecule has 0 saturated carbocycles. The zero-order chi connectivity index (χ0) is 19.6. The Morgan fingerprint density at radius 1 is 1.20 bits per heavy atom. The lowest BCUT2D eigenvalue weighted by molar-refractivity contribution is -0.147. The van der Waals surface area contributed by atoms with Gasteiger partial charge >= 0.3 is 5.97 Å². The number of rotatable bonds is 14. The van der Waals surface area contributed by atoms with E-state index in [1.54, 1.807) is 0 Å². The van der Waals surface area contributed by atoms with Crippen LogP contribution in [0.15, 0.2) is 0 Å². The largest absolute Gasteiger partial charge is 0.481 e. The number of hydrogen-bond donors (Lipinski definition) is 6. The lowest BCUT2D eigenvalue weighted by atomic mass is 9.91. The molecule has 10 heteroatoms. The number of nitrogens with two attached hydrogens (primary N) is 2. The van der Waals surface area contributed by atoms with Crippen LogP contribution in [-0.2, 0) is 14.4 Å². The molecular weight excluding hydrogens is 350 g/mol. The second-order valence-electron chi connectivity index (χ2n) is 6.06. The van der Waals surface area contributed by atoms with E-state index in [-0.39, 0.29) is 44.7 Å². The average molecular weight is 377 g/mol. The highest BCUT2D eigenvalue weighted by molar-refractivity contribution is 7.80. The molecule has 8 N–H and O–H groups in total. The zero-order valence-electron chi connectivity index (χ0n) is 14.2. The van der Waals surface area contributed by atoms with Gasteiger partial charge in [-0.1, -0.05) is 12.2 Å². The molecule has 0 aromatic carbocycles. The predicted molar refractivity (Wildman–Crippen MR) is 94.9 cm³/mol. The van der Waals surface area contributed by atoms with E-state index >= 15 is 0 Å². The first-order chi connectivity index (χ1) is 11.6. The number of carbonyl (C=O) groups excluding carboxylic acids is 2. The van der Waals surface area contributed by atoms with Gasteiger partial charge in [0.1, 0.15) is 5.78 Å². The number of primary amides is 1. The van der Waals surface area contributed by atoms with Crippen LogP contribution in [-0.4, -0.2) is 69.7 Å². The molecule has 4 atom stereocenters. The Morgan fingerprint density at radius 3 is 2.24 bits per heavy atom. The molecule has 0 aliphatic rings. The highest BCUT2D eigenvalue weighted by Crippen LogP contribution is 2.16. The van der Waals surface area contributed by atoms with Gasteiger partial charge in [-0.3, -0.25) is 14.4 Å². The van der Waals surface area contributed by atoms with Crippen molar-refractivity contribution in [1.29, 1.82) is 0 Å². The van der Waals surface area contributed by atoms with Crippen molar-refractivity contribution in [2.75, 3.05) is 19.7 Å². The smallest absolute Gasteiger partial charge is 0.309 e. The minimum atomic E-state index is -1.25. The molecule has 0 heterocycles. The predicted octanol–water partition coefficient (Wildman–Crippen LogP) is -1.81. The van der Waals surface area contributed by atoms with E-state index in [1.165, 1.54) is 6.92 Å². The van der Waals surface area contributed by atoms with Gasteiger partial charge in [0.15, 0.2) is 0 Å². The summed E-state index contributed by atoms with van der Waals surface area (Å²) < 4.78 is 0. The number of carboxylic acids is 1. The molecule has 0 spiro atoms. The molecule has 0 aromatic rings. The van der Waals surface area contributed by atoms with Crippen molar-refractivity contribution in [3.8, 4) is 0 Å². The minimum Gasteiger partial charge on any atom is -0.481 e. The molecule has 0 rings (SSSR count). The van der Waals surface area contributed by atoms with E-state index in [4.69, 9.17) is 33.9 Å². The fourth-order valence-electron chi connectivity index (χ4n) is 2.25. The molecule has 1 unspecified atom stereocenters. The van der Waals surface area contributed by atoms with Gasteiger partial charge < -0.3 is 32.1 Å². The maximum absolute atomic E-state index is 12.1. The van der Waals surface area contributed by atoms with Crippen molar-refractivity contribution in [2.45, 2.75) is 38.3 Å². The summed E-state index contributed by atoms with van der Waals surface area (Å²) in [5, 5.41) is 30.3. The highest BCUT2D eigenvalue weighted by atomic mass is 32.1. The van der Waals surface area contributed by atoms with Gasteiger partial charge in [0.05, 0.1) is 24.7 Å². The molecule has 0 aliphatic heterocycles. The van der Waals surface area contributed by atoms with E-state index < -0.39 is 35.9 Å². The summed E-state index contributed by atoms with van der Waals surface area (Å²) in [6.07, 6.45) is -1.59. The Labute approximate surface area is 151 Å². The lowest BCUT2D eigenvalue weighted by Crippen LogP contribution is -2.40. The van der Waals surface area contributed by atoms with Crippen LogP contribution in [0.4, 0.5) is 0 Å². The Kier molecular flexibility index (Phi) is 11.3. The summed E-state index contributed by atoms with van der Waals surface area (Å²) in [5.74, 6) is -3.83. The second-order valence-corrected chi connectivity index (χ2v) is 6.58. The summed E-state index contributed by atoms with van der Waals surface area (Å²) in [7, 11) is 0. The SMILES string of the molecule is CC(O)[C@H](CC(=O)C[C@H](CNCC(=S)[C@@H](N)CO)CC(N)=O)C(=O)O. The van der Waals surface area contributed by atoms with Crippen LogP contribution in [0.3, 0.4) is 0 Å². The number of carbonyl (C=O) groups is 3. The van der Waals surface area contributed by atoms with Crippen molar-refractivity contribution < 1.29 is 29.7 Å². The van der Waals surface area contributed by atoms with Crippen LogP contribution in [0.25, 0.3) is 0 Å². The molecule has 25 heavy (non-hydrogen) atoms. The lowest BCUT2D eigenvalue weighted by Gasteiger charge is -2.19. The van der Waals surface area contributed by atoms with Gasteiger partial charge in [0.2, 0.25) is 5.91 Å². The fraction of sp³-hybridized carbons (Fsp3) is 0.733. The molecule has 1 amide bonds. The number of nitrogens with one attached hydrogen (secondary N) is 1. The molecular formula is C15H27N3O6S. The Bertz CT molecular complexity index is 486. The van der Waals surface area contributed by atoms with Gasteiger partial charge in [-0.05, 0) is 19.4 Å². The number of thiocarbonyl (C=S) groups is 1. The third-order valence-electron chi connectivity index (χ3n) is 3.70. The van der Waals surface area contributed by atoms with Gasteiger partial charge in [0.25, 0.3) is 0 Å². The van der Waals surface area contributed by atoms with Crippen molar-refractivity contribution in [1.82, 2.24) is 5.32 Å². The first kappa shape index (κ1) is 23.5. The first-order valence-electron chi connectivity index (χ1n) is 7.89. The van der Waals surface area contributed by atoms with Crippen LogP contribution in [0.1, 0.15) is 26.2 Å². The number of aliphatic hydroxyl groups is 2. The number of aliphatic hydroxyl groups excluding tert-OH is 2. The third kappa shape index (κ3) is 10.2. The van der Waals surface area contributed by atoms with Crippen LogP contribution >= 0.6 is 12.2 Å². The molecule has 0 saturated heterocycles. The van der Waals surface area contributed by atoms with Crippen molar-refractivity contribution in [3.05, 3.63) is 0 Å². The van der Waals surface area contributed by atoms with Gasteiger partial charge in [-0.25, -0.2) is 0 Å². The maximum atomic E-state index is 12.1. The Hall–Kier alpha value is -1.46. The number of Topliss-reactive ketones (excluding diaryl/α,β-unsaturated/α-hetero) is 1. The van der Waals surface area contributed by atoms with Crippen LogP contribution in [0.2, 0.25) is 0 Å². The second kappa shape index (κ2) is 12.0.